The topological polar surface area (TPSA) is 132 Å². The van der Waals surface area contributed by atoms with Gasteiger partial charge >= 0.3 is 12.0 Å². The van der Waals surface area contributed by atoms with E-state index < -0.39 is 18.3 Å². The predicted octanol–water partition coefficient (Wildman–Crippen LogP) is 9.11. The van der Waals surface area contributed by atoms with Crippen molar-refractivity contribution in [3.05, 3.63) is 156 Å². The zero-order valence-corrected chi connectivity index (χ0v) is 32.6. The zero-order chi connectivity index (χ0) is 39.6. The molecule has 2 heterocycles. The van der Waals surface area contributed by atoms with Crippen LogP contribution in [0, 0.1) is 5.92 Å². The SMILES string of the molecule is CCOC(=O)CNC(=O)NCc1cccc(-c2ccc([C@H]3O[C@@H](CSc4nc(-c5ccccc5)c(-c5ccccc5)o4)[C@@H](C)[C@@H](c4ccc(CO)cc4)O3)cc2)c1. The maximum atomic E-state index is 12.2. The first-order chi connectivity index (χ1) is 27.9. The van der Waals surface area contributed by atoms with Gasteiger partial charge in [-0.15, -0.1) is 0 Å². The number of urea groups is 1. The molecule has 1 saturated heterocycles. The van der Waals surface area contributed by atoms with E-state index >= 15 is 0 Å². The van der Waals surface area contributed by atoms with Gasteiger partial charge in [0, 0.05) is 34.9 Å². The van der Waals surface area contributed by atoms with Crippen molar-refractivity contribution in [2.24, 2.45) is 5.92 Å². The second-order valence-electron chi connectivity index (χ2n) is 13.7. The zero-order valence-electron chi connectivity index (χ0n) is 31.8. The van der Waals surface area contributed by atoms with Crippen molar-refractivity contribution in [2.75, 3.05) is 18.9 Å². The maximum absolute atomic E-state index is 12.2. The molecule has 0 spiro atoms. The fourth-order valence-corrected chi connectivity index (χ4v) is 7.69. The van der Waals surface area contributed by atoms with Crippen LogP contribution in [-0.4, -0.2) is 47.1 Å². The molecule has 0 radical (unpaired) electrons. The number of thioether (sulfide) groups is 1. The standard InChI is InChI=1S/C46H45N3O7S/c1-3-53-40(51)27-48-45(52)47-26-32-11-10-16-38(25-32)33-21-23-37(24-22-33)44-54-39(30(2)42(55-44)36-19-17-31(28-50)18-20-36)29-57-46-49-41(34-12-6-4-7-13-34)43(56-46)35-14-8-5-9-15-35/h4-25,30,39,42,44,50H,3,26-29H2,1-2H3,(H2,47,48,52)/t30-,39+,42+,44+/m1/s1. The fraction of sp³-hybridized carbons (Fsp3) is 0.239. The summed E-state index contributed by atoms with van der Waals surface area (Å²) in [7, 11) is 0. The lowest BCUT2D eigenvalue weighted by Crippen LogP contribution is -2.38. The maximum Gasteiger partial charge on any atom is 0.325 e. The van der Waals surface area contributed by atoms with Gasteiger partial charge in [0.25, 0.3) is 5.22 Å². The van der Waals surface area contributed by atoms with Crippen LogP contribution in [0.4, 0.5) is 4.79 Å². The molecular weight excluding hydrogens is 739 g/mol. The van der Waals surface area contributed by atoms with Gasteiger partial charge in [-0.2, -0.15) is 0 Å². The summed E-state index contributed by atoms with van der Waals surface area (Å²) < 4.78 is 24.8. The summed E-state index contributed by atoms with van der Waals surface area (Å²) in [6.07, 6.45) is -1.14. The van der Waals surface area contributed by atoms with Gasteiger partial charge in [0.05, 0.1) is 25.4 Å². The van der Waals surface area contributed by atoms with Gasteiger partial charge in [-0.1, -0.05) is 146 Å². The summed E-state index contributed by atoms with van der Waals surface area (Å²) in [6, 6.07) is 43.6. The van der Waals surface area contributed by atoms with Crippen molar-refractivity contribution in [3.8, 4) is 33.7 Å². The lowest BCUT2D eigenvalue weighted by atomic mass is 9.91. The third-order valence-corrected chi connectivity index (χ3v) is 10.7. The number of nitrogens with zero attached hydrogens (tertiary/aromatic N) is 1. The van der Waals surface area contributed by atoms with E-state index in [1.165, 1.54) is 11.8 Å². The number of aromatic nitrogens is 1. The molecular formula is C46H45N3O7S. The Morgan fingerprint density at radius 2 is 1.44 bits per heavy atom. The van der Waals surface area contributed by atoms with Gasteiger partial charge in [-0.05, 0) is 40.8 Å². The third-order valence-electron chi connectivity index (χ3n) is 9.78. The lowest BCUT2D eigenvalue weighted by Gasteiger charge is -2.41. The van der Waals surface area contributed by atoms with E-state index in [-0.39, 0.29) is 44.4 Å². The van der Waals surface area contributed by atoms with Crippen LogP contribution in [0.2, 0.25) is 0 Å². The summed E-state index contributed by atoms with van der Waals surface area (Å²) in [6.45, 7) is 4.18. The third kappa shape index (κ3) is 10.00. The van der Waals surface area contributed by atoms with Crippen LogP contribution in [0.15, 0.2) is 143 Å². The van der Waals surface area contributed by atoms with Crippen molar-refractivity contribution < 1.29 is 33.3 Å². The molecule has 0 aliphatic carbocycles. The minimum absolute atomic E-state index is 0.0197. The van der Waals surface area contributed by atoms with E-state index in [4.69, 9.17) is 23.6 Å². The predicted molar refractivity (Wildman–Crippen MR) is 220 cm³/mol. The van der Waals surface area contributed by atoms with Crippen LogP contribution in [0.25, 0.3) is 33.7 Å². The molecule has 3 N–H and O–H groups in total. The molecule has 292 valence electrons. The fourth-order valence-electron chi connectivity index (χ4n) is 6.71. The molecule has 7 rings (SSSR count). The number of aliphatic hydroxyl groups is 1. The first kappa shape index (κ1) is 39.5. The first-order valence-electron chi connectivity index (χ1n) is 19.0. The summed E-state index contributed by atoms with van der Waals surface area (Å²) in [5.41, 5.74) is 8.34. The Kier molecular flexibility index (Phi) is 13.1. The summed E-state index contributed by atoms with van der Waals surface area (Å²) in [5, 5.41) is 15.5. The Bertz CT molecular complexity index is 2170. The number of esters is 1. The van der Waals surface area contributed by atoms with Gasteiger partial charge in [0.2, 0.25) is 0 Å². The molecule has 6 aromatic rings. The lowest BCUT2D eigenvalue weighted by molar-refractivity contribution is -0.268. The normalized spacial score (nSPS) is 17.8. The number of benzene rings is 5. The van der Waals surface area contributed by atoms with E-state index in [1.54, 1.807) is 6.92 Å². The molecule has 0 bridgehead atoms. The number of rotatable bonds is 14. The van der Waals surface area contributed by atoms with E-state index in [0.717, 1.165) is 56.0 Å². The summed E-state index contributed by atoms with van der Waals surface area (Å²) in [5.74, 6) is 0.798. The number of ether oxygens (including phenoxy) is 3. The second kappa shape index (κ2) is 18.9. The van der Waals surface area contributed by atoms with Gasteiger partial charge in [0.15, 0.2) is 12.1 Å². The van der Waals surface area contributed by atoms with Crippen molar-refractivity contribution in [2.45, 2.75) is 50.7 Å². The Hall–Kier alpha value is -5.72. The largest absolute Gasteiger partial charge is 0.465 e. The van der Waals surface area contributed by atoms with Gasteiger partial charge in [0.1, 0.15) is 12.2 Å². The highest BCUT2D eigenvalue weighted by atomic mass is 32.2. The number of oxazole rings is 1. The number of hydrogen-bond acceptors (Lipinski definition) is 9. The highest BCUT2D eigenvalue weighted by Gasteiger charge is 2.38. The first-order valence-corrected chi connectivity index (χ1v) is 20.0. The van der Waals surface area contributed by atoms with Crippen molar-refractivity contribution in [1.29, 1.82) is 0 Å². The Morgan fingerprint density at radius 3 is 2.14 bits per heavy atom. The minimum Gasteiger partial charge on any atom is -0.465 e. The van der Waals surface area contributed by atoms with E-state index in [1.807, 2.05) is 133 Å². The van der Waals surface area contributed by atoms with Crippen LogP contribution >= 0.6 is 11.8 Å². The number of nitrogens with one attached hydrogen (secondary N) is 2. The Labute approximate surface area is 336 Å². The molecule has 5 aromatic carbocycles. The molecule has 1 aliphatic rings. The van der Waals surface area contributed by atoms with E-state index in [9.17, 15) is 14.7 Å². The smallest absolute Gasteiger partial charge is 0.325 e. The van der Waals surface area contributed by atoms with E-state index in [0.29, 0.717) is 11.0 Å². The molecule has 1 fully saturated rings. The molecule has 1 aromatic heterocycles. The van der Waals surface area contributed by atoms with Crippen LogP contribution in [-0.2, 0) is 32.2 Å². The summed E-state index contributed by atoms with van der Waals surface area (Å²) in [4.78, 5) is 28.7. The molecule has 4 atom stereocenters. The number of aliphatic hydroxyl groups excluding tert-OH is 1. The molecule has 10 nitrogen and oxygen atoms in total. The number of amides is 2. The molecule has 2 amide bonds. The highest BCUT2D eigenvalue weighted by Crippen LogP contribution is 2.44. The second-order valence-corrected chi connectivity index (χ2v) is 14.7. The number of hydrogen-bond donors (Lipinski definition) is 3. The number of carbonyl (C=O) groups excluding carboxylic acids is 2. The van der Waals surface area contributed by atoms with Crippen LogP contribution < -0.4 is 10.6 Å². The van der Waals surface area contributed by atoms with Crippen LogP contribution in [0.3, 0.4) is 0 Å². The van der Waals surface area contributed by atoms with Gasteiger partial charge in [-0.3, -0.25) is 4.79 Å². The minimum atomic E-state index is -0.642. The van der Waals surface area contributed by atoms with Crippen LogP contribution in [0.1, 0.15) is 48.5 Å². The molecule has 1 aliphatic heterocycles. The monoisotopic (exact) mass is 783 g/mol. The molecule has 0 saturated carbocycles. The average Bonchev–Trinajstić information content (AvgIpc) is 3.70. The van der Waals surface area contributed by atoms with Crippen molar-refractivity contribution in [3.63, 3.8) is 0 Å². The van der Waals surface area contributed by atoms with Gasteiger partial charge < -0.3 is 34.4 Å². The van der Waals surface area contributed by atoms with Crippen molar-refractivity contribution >= 4 is 23.8 Å². The average molecular weight is 784 g/mol. The van der Waals surface area contributed by atoms with Crippen LogP contribution in [0.5, 0.6) is 0 Å². The molecule has 57 heavy (non-hydrogen) atoms. The number of carbonyl (C=O) groups is 2. The van der Waals surface area contributed by atoms with Gasteiger partial charge in [-0.25, -0.2) is 9.78 Å². The molecule has 11 heteroatoms. The summed E-state index contributed by atoms with van der Waals surface area (Å²) >= 11 is 1.53. The Morgan fingerprint density at radius 1 is 0.754 bits per heavy atom. The van der Waals surface area contributed by atoms with E-state index in [2.05, 4.69) is 17.6 Å². The Balaban J connectivity index is 1.08. The molecule has 0 unspecified atom stereocenters. The quantitative estimate of drug-likeness (QED) is 0.0731. The highest BCUT2D eigenvalue weighted by molar-refractivity contribution is 7.99. The van der Waals surface area contributed by atoms with Crippen molar-refractivity contribution in [1.82, 2.24) is 15.6 Å².